The number of fused-ring (bicyclic) bond motifs is 1. The molecule has 10 nitrogen and oxygen atoms in total. The van der Waals surface area contributed by atoms with Crippen molar-refractivity contribution in [2.24, 2.45) is 0 Å². The second kappa shape index (κ2) is 11.3. The van der Waals surface area contributed by atoms with Crippen molar-refractivity contribution in [2.75, 3.05) is 25.0 Å². The van der Waals surface area contributed by atoms with Crippen LogP contribution in [0.3, 0.4) is 0 Å². The molecule has 12 heteroatoms. The molecule has 2 aromatic heterocycles. The number of thiophene rings is 1. The highest BCUT2D eigenvalue weighted by Crippen LogP contribution is 2.31. The highest BCUT2D eigenvalue weighted by Gasteiger charge is 2.27. The number of esters is 1. The Hall–Kier alpha value is -3.87. The summed E-state index contributed by atoms with van der Waals surface area (Å²) in [5, 5.41) is 9.28. The molecule has 1 fully saturated rings. The second-order valence-electron chi connectivity index (χ2n) is 9.42. The average molecular weight is 581 g/mol. The molecule has 2 aromatic carbocycles. The number of aromatic nitrogens is 2. The molecular formula is C28H28N4O6S2. The molecule has 3 heterocycles. The number of piperidine rings is 1. The summed E-state index contributed by atoms with van der Waals surface area (Å²) in [6.07, 6.45) is 2.66. The van der Waals surface area contributed by atoms with Crippen LogP contribution in [0.5, 0.6) is 0 Å². The van der Waals surface area contributed by atoms with E-state index in [1.165, 1.54) is 28.6 Å². The van der Waals surface area contributed by atoms with Gasteiger partial charge in [0.1, 0.15) is 5.00 Å². The van der Waals surface area contributed by atoms with Crippen LogP contribution in [0.15, 0.2) is 63.6 Å². The molecule has 0 bridgehead atoms. The van der Waals surface area contributed by atoms with Gasteiger partial charge in [-0.25, -0.2) is 13.2 Å². The molecule has 208 valence electrons. The Labute approximate surface area is 235 Å². The summed E-state index contributed by atoms with van der Waals surface area (Å²) < 4.78 is 33.7. The maximum Gasteiger partial charge on any atom is 0.359 e. The van der Waals surface area contributed by atoms with Crippen LogP contribution in [0.2, 0.25) is 0 Å². The van der Waals surface area contributed by atoms with E-state index in [0.29, 0.717) is 18.8 Å². The first-order valence-corrected chi connectivity index (χ1v) is 15.2. The van der Waals surface area contributed by atoms with Crippen LogP contribution in [0, 0.1) is 6.92 Å². The van der Waals surface area contributed by atoms with Crippen LogP contribution in [0.4, 0.5) is 5.00 Å². The third-order valence-electron chi connectivity index (χ3n) is 6.70. The number of carbonyl (C=O) groups excluding carboxylic acids is 2. The van der Waals surface area contributed by atoms with Gasteiger partial charge < -0.3 is 10.1 Å². The second-order valence-corrected chi connectivity index (χ2v) is 12.2. The predicted octanol–water partition coefficient (Wildman–Crippen LogP) is 4.36. The number of aryl methyl sites for hydroxylation is 1. The van der Waals surface area contributed by atoms with Crippen molar-refractivity contribution in [3.8, 4) is 5.69 Å². The largest absolute Gasteiger partial charge is 0.461 e. The zero-order valence-electron chi connectivity index (χ0n) is 22.0. The molecule has 0 aliphatic carbocycles. The SMILES string of the molecule is CCOC(=O)c1nn(-c2ccc(C)cc2)c(=O)c2c(NC(=O)c3ccc(S(=O)(=O)N4CCCCC4)cc3)scc12. The Balaban J connectivity index is 1.49. The minimum absolute atomic E-state index is 0.0407. The van der Waals surface area contributed by atoms with E-state index < -0.39 is 27.5 Å². The average Bonchev–Trinajstić information content (AvgIpc) is 3.38. The topological polar surface area (TPSA) is 128 Å². The molecule has 0 radical (unpaired) electrons. The summed E-state index contributed by atoms with van der Waals surface area (Å²) in [6, 6.07) is 12.8. The van der Waals surface area contributed by atoms with E-state index in [9.17, 15) is 22.8 Å². The molecule has 1 aliphatic heterocycles. The van der Waals surface area contributed by atoms with Crippen molar-refractivity contribution in [3.63, 3.8) is 0 Å². The first kappa shape index (κ1) is 27.7. The van der Waals surface area contributed by atoms with Crippen molar-refractivity contribution in [3.05, 3.63) is 81.1 Å². The third kappa shape index (κ3) is 5.29. The highest BCUT2D eigenvalue weighted by atomic mass is 32.2. The standard InChI is InChI=1S/C28H28N4O6S2/c1-3-38-28(35)24-22-17-39-26(23(22)27(34)32(30-24)20-11-7-18(2)8-12-20)29-25(33)19-9-13-21(14-10-19)40(36,37)31-15-5-4-6-16-31/h7-14,17H,3-6,15-16H2,1-2H3,(H,29,33). The van der Waals surface area contributed by atoms with Crippen LogP contribution < -0.4 is 10.9 Å². The number of ether oxygens (including phenoxy) is 1. The van der Waals surface area contributed by atoms with Gasteiger partial charge in [-0.1, -0.05) is 24.1 Å². The fraction of sp³-hybridized carbons (Fsp3) is 0.286. The number of amides is 1. The van der Waals surface area contributed by atoms with E-state index >= 15 is 0 Å². The van der Waals surface area contributed by atoms with E-state index in [4.69, 9.17) is 4.74 Å². The first-order chi connectivity index (χ1) is 19.2. The smallest absolute Gasteiger partial charge is 0.359 e. The molecule has 1 amide bonds. The number of hydrogen-bond acceptors (Lipinski definition) is 8. The number of carbonyl (C=O) groups is 2. The van der Waals surface area contributed by atoms with Crippen molar-refractivity contribution in [2.45, 2.75) is 38.0 Å². The summed E-state index contributed by atoms with van der Waals surface area (Å²) in [5.41, 5.74) is 1.11. The van der Waals surface area contributed by atoms with Crippen LogP contribution in [-0.4, -0.2) is 54.1 Å². The lowest BCUT2D eigenvalue weighted by Crippen LogP contribution is -2.35. The summed E-state index contributed by atoms with van der Waals surface area (Å²) >= 11 is 1.09. The molecule has 1 aliphatic rings. The van der Waals surface area contributed by atoms with Gasteiger partial charge in [-0.2, -0.15) is 14.1 Å². The lowest BCUT2D eigenvalue weighted by molar-refractivity contribution is 0.0519. The van der Waals surface area contributed by atoms with Crippen LogP contribution in [0.25, 0.3) is 16.5 Å². The predicted molar refractivity (Wildman–Crippen MR) is 153 cm³/mol. The number of anilines is 1. The number of rotatable bonds is 7. The van der Waals surface area contributed by atoms with Gasteiger partial charge in [0.2, 0.25) is 10.0 Å². The molecule has 1 saturated heterocycles. The van der Waals surface area contributed by atoms with Crippen LogP contribution in [-0.2, 0) is 14.8 Å². The number of hydrogen-bond donors (Lipinski definition) is 1. The summed E-state index contributed by atoms with van der Waals surface area (Å²) in [6.45, 7) is 4.68. The molecule has 4 aromatic rings. The van der Waals surface area contributed by atoms with Gasteiger partial charge in [-0.05, 0) is 63.1 Å². The molecular weight excluding hydrogens is 552 g/mol. The Morgan fingerprint density at radius 2 is 1.70 bits per heavy atom. The summed E-state index contributed by atoms with van der Waals surface area (Å²) in [4.78, 5) is 39.6. The molecule has 0 saturated carbocycles. The lowest BCUT2D eigenvalue weighted by atomic mass is 10.2. The fourth-order valence-corrected chi connectivity index (χ4v) is 7.01. The van der Waals surface area contributed by atoms with E-state index in [1.807, 2.05) is 19.1 Å². The van der Waals surface area contributed by atoms with E-state index in [-0.39, 0.29) is 38.5 Å². The zero-order chi connectivity index (χ0) is 28.4. The van der Waals surface area contributed by atoms with Crippen molar-refractivity contribution >= 4 is 49.0 Å². The van der Waals surface area contributed by atoms with Gasteiger partial charge in [-0.3, -0.25) is 9.59 Å². The highest BCUT2D eigenvalue weighted by molar-refractivity contribution is 7.89. The third-order valence-corrected chi connectivity index (χ3v) is 9.50. The Bertz CT molecular complexity index is 1740. The number of nitrogens with zero attached hydrogens (tertiary/aromatic N) is 3. The maximum absolute atomic E-state index is 13.6. The maximum atomic E-state index is 13.6. The van der Waals surface area contributed by atoms with Crippen molar-refractivity contribution < 1.29 is 22.7 Å². The Morgan fingerprint density at radius 1 is 1.02 bits per heavy atom. The van der Waals surface area contributed by atoms with Gasteiger partial charge in [0.15, 0.2) is 5.69 Å². The Kier molecular flexibility index (Phi) is 7.83. The monoisotopic (exact) mass is 580 g/mol. The molecule has 5 rings (SSSR count). The van der Waals surface area contributed by atoms with Crippen molar-refractivity contribution in [1.29, 1.82) is 0 Å². The van der Waals surface area contributed by atoms with Gasteiger partial charge in [-0.15, -0.1) is 11.3 Å². The lowest BCUT2D eigenvalue weighted by Gasteiger charge is -2.25. The van der Waals surface area contributed by atoms with Gasteiger partial charge in [0.05, 0.1) is 22.6 Å². The number of benzene rings is 2. The molecule has 40 heavy (non-hydrogen) atoms. The molecule has 0 unspecified atom stereocenters. The molecule has 0 atom stereocenters. The summed E-state index contributed by atoms with van der Waals surface area (Å²) in [7, 11) is -3.63. The normalized spacial score (nSPS) is 14.2. The van der Waals surface area contributed by atoms with E-state index in [1.54, 1.807) is 24.4 Å². The quantitative estimate of drug-likeness (QED) is 0.322. The van der Waals surface area contributed by atoms with Crippen molar-refractivity contribution in [1.82, 2.24) is 14.1 Å². The zero-order valence-corrected chi connectivity index (χ0v) is 23.7. The number of sulfonamides is 1. The summed E-state index contributed by atoms with van der Waals surface area (Å²) in [5.74, 6) is -1.21. The van der Waals surface area contributed by atoms with Gasteiger partial charge in [0, 0.05) is 29.4 Å². The van der Waals surface area contributed by atoms with E-state index in [2.05, 4.69) is 10.4 Å². The first-order valence-electron chi connectivity index (χ1n) is 12.9. The van der Waals surface area contributed by atoms with E-state index in [0.717, 1.165) is 40.8 Å². The van der Waals surface area contributed by atoms with Crippen LogP contribution >= 0.6 is 11.3 Å². The molecule has 1 N–H and O–H groups in total. The minimum atomic E-state index is -3.63. The number of nitrogens with one attached hydrogen (secondary N) is 1. The fourth-order valence-electron chi connectivity index (χ4n) is 4.56. The Morgan fingerprint density at radius 3 is 2.35 bits per heavy atom. The van der Waals surface area contributed by atoms with Gasteiger partial charge >= 0.3 is 5.97 Å². The van der Waals surface area contributed by atoms with Gasteiger partial charge in [0.25, 0.3) is 11.5 Å². The molecule has 0 spiro atoms. The minimum Gasteiger partial charge on any atom is -0.461 e. The van der Waals surface area contributed by atoms with Crippen LogP contribution in [0.1, 0.15) is 52.6 Å².